The second kappa shape index (κ2) is 7.69. The van der Waals surface area contributed by atoms with Crippen molar-refractivity contribution in [1.82, 2.24) is 26.1 Å². The summed E-state index contributed by atoms with van der Waals surface area (Å²) in [4.78, 5) is 40.5. The van der Waals surface area contributed by atoms with E-state index in [0.29, 0.717) is 5.56 Å². The summed E-state index contributed by atoms with van der Waals surface area (Å²) in [5.74, 6) is -0.374. The number of rotatable bonds is 4. The van der Waals surface area contributed by atoms with Crippen LogP contribution in [-0.4, -0.2) is 47.4 Å². The first-order valence-electron chi connectivity index (χ1n) is 8.33. The van der Waals surface area contributed by atoms with Crippen molar-refractivity contribution < 1.29 is 14.4 Å². The van der Waals surface area contributed by atoms with Crippen molar-refractivity contribution in [3.63, 3.8) is 0 Å². The first kappa shape index (κ1) is 16.8. The standard InChI is InChI=1S/C17H21N5O3/c23-15(22-9-3-4-10-22)7-8-18-17(25)21-20-16(24)13-11-19-14-6-2-1-5-12(13)14/h1-2,5-6,11,19H,3-4,7-10H2,(H,20,24)(H2,18,21,25). The number of aromatic nitrogens is 1. The first-order valence-corrected chi connectivity index (χ1v) is 8.33. The lowest BCUT2D eigenvalue weighted by molar-refractivity contribution is -0.129. The lowest BCUT2D eigenvalue weighted by Crippen LogP contribution is -2.47. The Bertz CT molecular complexity index is 779. The molecule has 8 nitrogen and oxygen atoms in total. The van der Waals surface area contributed by atoms with Gasteiger partial charge < -0.3 is 15.2 Å². The molecule has 25 heavy (non-hydrogen) atoms. The van der Waals surface area contributed by atoms with E-state index >= 15 is 0 Å². The molecule has 8 heteroatoms. The van der Waals surface area contributed by atoms with Gasteiger partial charge >= 0.3 is 6.03 Å². The summed E-state index contributed by atoms with van der Waals surface area (Å²) in [5, 5.41) is 3.33. The number of nitrogens with zero attached hydrogens (tertiary/aromatic N) is 1. The Kier molecular flexibility index (Phi) is 5.17. The van der Waals surface area contributed by atoms with Crippen LogP contribution in [0.5, 0.6) is 0 Å². The molecule has 0 saturated carbocycles. The highest BCUT2D eigenvalue weighted by molar-refractivity contribution is 6.07. The average Bonchev–Trinajstić information content (AvgIpc) is 3.29. The van der Waals surface area contributed by atoms with Gasteiger partial charge in [-0.1, -0.05) is 18.2 Å². The van der Waals surface area contributed by atoms with Crippen molar-refractivity contribution in [2.75, 3.05) is 19.6 Å². The van der Waals surface area contributed by atoms with Gasteiger partial charge in [-0.2, -0.15) is 0 Å². The third kappa shape index (κ3) is 4.09. The number of hydrogen-bond donors (Lipinski definition) is 4. The maximum atomic E-state index is 12.1. The number of carbonyl (C=O) groups excluding carboxylic acids is 3. The summed E-state index contributed by atoms with van der Waals surface area (Å²) in [5.41, 5.74) is 5.93. The molecule has 1 aliphatic heterocycles. The molecule has 0 radical (unpaired) electrons. The number of benzene rings is 1. The van der Waals surface area contributed by atoms with Crippen molar-refractivity contribution in [3.8, 4) is 0 Å². The topological polar surface area (TPSA) is 106 Å². The van der Waals surface area contributed by atoms with Gasteiger partial charge in [0.2, 0.25) is 5.91 Å². The molecule has 2 heterocycles. The van der Waals surface area contributed by atoms with Gasteiger partial charge in [0.05, 0.1) is 5.56 Å². The van der Waals surface area contributed by atoms with Crippen molar-refractivity contribution in [2.45, 2.75) is 19.3 Å². The Morgan fingerprint density at radius 2 is 1.84 bits per heavy atom. The van der Waals surface area contributed by atoms with Gasteiger partial charge in [-0.05, 0) is 18.9 Å². The van der Waals surface area contributed by atoms with Crippen molar-refractivity contribution in [2.24, 2.45) is 0 Å². The van der Waals surface area contributed by atoms with Crippen molar-refractivity contribution in [1.29, 1.82) is 0 Å². The highest BCUT2D eigenvalue weighted by Crippen LogP contribution is 2.17. The number of likely N-dealkylation sites (tertiary alicyclic amines) is 1. The van der Waals surface area contributed by atoms with E-state index in [0.717, 1.165) is 36.8 Å². The van der Waals surface area contributed by atoms with Crippen LogP contribution in [0.2, 0.25) is 0 Å². The van der Waals surface area contributed by atoms with E-state index < -0.39 is 11.9 Å². The number of nitrogens with one attached hydrogen (secondary N) is 4. The van der Waals surface area contributed by atoms with Crippen LogP contribution in [0.4, 0.5) is 4.79 Å². The molecule has 0 unspecified atom stereocenters. The summed E-state index contributed by atoms with van der Waals surface area (Å²) in [7, 11) is 0. The molecule has 0 spiro atoms. The molecule has 4 N–H and O–H groups in total. The number of fused-ring (bicyclic) bond motifs is 1. The molecule has 1 aliphatic rings. The number of hydrazine groups is 1. The third-order valence-corrected chi connectivity index (χ3v) is 4.21. The Balaban J connectivity index is 1.41. The van der Waals surface area contributed by atoms with Crippen LogP contribution in [0, 0.1) is 0 Å². The molecule has 0 bridgehead atoms. The minimum absolute atomic E-state index is 0.0422. The third-order valence-electron chi connectivity index (χ3n) is 4.21. The highest BCUT2D eigenvalue weighted by Gasteiger charge is 2.17. The Labute approximate surface area is 144 Å². The molecule has 1 aromatic heterocycles. The van der Waals surface area contributed by atoms with Gasteiger partial charge in [-0.25, -0.2) is 10.2 Å². The summed E-state index contributed by atoms with van der Waals surface area (Å²) >= 11 is 0. The number of para-hydroxylation sites is 1. The van der Waals surface area contributed by atoms with Crippen LogP contribution in [0.1, 0.15) is 29.6 Å². The fraction of sp³-hybridized carbons (Fsp3) is 0.353. The highest BCUT2D eigenvalue weighted by atomic mass is 16.2. The Hall–Kier alpha value is -3.03. The Morgan fingerprint density at radius 1 is 1.08 bits per heavy atom. The van der Waals surface area contributed by atoms with Crippen molar-refractivity contribution >= 4 is 28.7 Å². The van der Waals surface area contributed by atoms with Crippen LogP contribution in [0.3, 0.4) is 0 Å². The zero-order valence-electron chi connectivity index (χ0n) is 13.8. The van der Waals surface area contributed by atoms with E-state index in [2.05, 4.69) is 21.2 Å². The Morgan fingerprint density at radius 3 is 2.64 bits per heavy atom. The van der Waals surface area contributed by atoms with Crippen LogP contribution in [-0.2, 0) is 4.79 Å². The smallest absolute Gasteiger partial charge is 0.333 e. The normalized spacial score (nSPS) is 13.7. The van der Waals surface area contributed by atoms with E-state index in [9.17, 15) is 14.4 Å². The molecular weight excluding hydrogens is 322 g/mol. The SMILES string of the molecule is O=C(NCCC(=O)N1CCCC1)NNC(=O)c1c[nH]c2ccccc12. The summed E-state index contributed by atoms with van der Waals surface area (Å²) in [6.07, 6.45) is 3.93. The molecule has 1 fully saturated rings. The van der Waals surface area contributed by atoms with Crippen molar-refractivity contribution in [3.05, 3.63) is 36.0 Å². The minimum Gasteiger partial charge on any atom is -0.360 e. The molecule has 4 amide bonds. The van der Waals surface area contributed by atoms with Crippen LogP contribution < -0.4 is 16.2 Å². The lowest BCUT2D eigenvalue weighted by Gasteiger charge is -2.15. The molecule has 1 saturated heterocycles. The molecule has 3 rings (SSSR count). The number of carbonyl (C=O) groups is 3. The average molecular weight is 343 g/mol. The van der Waals surface area contributed by atoms with Crippen LogP contribution in [0.15, 0.2) is 30.5 Å². The van der Waals surface area contributed by atoms with Gasteiger partial charge in [0.1, 0.15) is 0 Å². The zero-order chi connectivity index (χ0) is 17.6. The van der Waals surface area contributed by atoms with E-state index in [1.54, 1.807) is 11.1 Å². The fourth-order valence-corrected chi connectivity index (χ4v) is 2.89. The molecule has 2 aromatic rings. The number of H-pyrrole nitrogens is 1. The molecule has 0 aliphatic carbocycles. The van der Waals surface area contributed by atoms with E-state index in [1.165, 1.54) is 0 Å². The largest absolute Gasteiger partial charge is 0.360 e. The lowest BCUT2D eigenvalue weighted by atomic mass is 10.2. The maximum Gasteiger partial charge on any atom is 0.333 e. The number of hydrogen-bond acceptors (Lipinski definition) is 3. The zero-order valence-corrected chi connectivity index (χ0v) is 13.8. The summed E-state index contributed by atoms with van der Waals surface area (Å²) in [6, 6.07) is 6.84. The predicted molar refractivity (Wildman–Crippen MR) is 92.7 cm³/mol. The second-order valence-corrected chi connectivity index (χ2v) is 5.92. The van der Waals surface area contributed by atoms with Crippen LogP contribution >= 0.6 is 0 Å². The molecule has 0 atom stereocenters. The van der Waals surface area contributed by atoms with Gasteiger partial charge in [-0.15, -0.1) is 0 Å². The van der Waals surface area contributed by atoms with E-state index in [1.807, 2.05) is 24.3 Å². The monoisotopic (exact) mass is 343 g/mol. The molecular formula is C17H21N5O3. The predicted octanol–water partition coefficient (Wildman–Crippen LogP) is 1.12. The summed E-state index contributed by atoms with van der Waals surface area (Å²) in [6.45, 7) is 1.82. The quantitative estimate of drug-likeness (QED) is 0.625. The van der Waals surface area contributed by atoms with E-state index in [4.69, 9.17) is 0 Å². The van der Waals surface area contributed by atoms with Gasteiger partial charge in [-0.3, -0.25) is 15.0 Å². The van der Waals surface area contributed by atoms with E-state index in [-0.39, 0.29) is 18.9 Å². The minimum atomic E-state index is -0.553. The van der Waals surface area contributed by atoms with Gasteiger partial charge in [0, 0.05) is 43.2 Å². The molecule has 1 aromatic carbocycles. The van der Waals surface area contributed by atoms with Crippen LogP contribution in [0.25, 0.3) is 10.9 Å². The first-order chi connectivity index (χ1) is 12.1. The summed E-state index contributed by atoms with van der Waals surface area (Å²) < 4.78 is 0. The fourth-order valence-electron chi connectivity index (χ4n) is 2.89. The van der Waals surface area contributed by atoms with Gasteiger partial charge in [0.15, 0.2) is 0 Å². The number of amides is 4. The number of aromatic amines is 1. The maximum absolute atomic E-state index is 12.1. The second-order valence-electron chi connectivity index (χ2n) is 5.92. The molecule has 132 valence electrons. The number of urea groups is 1. The van der Waals surface area contributed by atoms with Gasteiger partial charge in [0.25, 0.3) is 5.91 Å².